The van der Waals surface area contributed by atoms with Crippen molar-refractivity contribution in [2.24, 2.45) is 5.92 Å². The number of aromatic nitrogens is 3. The number of aromatic amines is 1. The van der Waals surface area contributed by atoms with Crippen LogP contribution in [0.1, 0.15) is 30.6 Å². The molecule has 112 valence electrons. The first-order chi connectivity index (χ1) is 10.0. The average Bonchev–Trinajstić information content (AvgIpc) is 2.82. The zero-order valence-corrected chi connectivity index (χ0v) is 12.2. The molecule has 1 atom stereocenters. The second kappa shape index (κ2) is 6.97. The van der Waals surface area contributed by atoms with E-state index < -0.39 is 0 Å². The maximum absolute atomic E-state index is 13.1. The normalized spacial score (nSPS) is 12.1. The Kier molecular flexibility index (Phi) is 5.03. The fraction of sp³-hybridized carbons (Fsp3) is 0.400. The van der Waals surface area contributed by atoms with Crippen LogP contribution in [0.2, 0.25) is 0 Å². The molecule has 1 aromatic carbocycles. The van der Waals surface area contributed by atoms with Gasteiger partial charge in [-0.15, -0.1) is 0 Å². The van der Waals surface area contributed by atoms with E-state index in [2.05, 4.69) is 20.5 Å². The molecule has 2 N–H and O–H groups in total. The lowest BCUT2D eigenvalue weighted by Crippen LogP contribution is -2.25. The zero-order valence-electron chi connectivity index (χ0n) is 12.2. The summed E-state index contributed by atoms with van der Waals surface area (Å²) in [5.41, 5.74) is 0.903. The van der Waals surface area contributed by atoms with Gasteiger partial charge in [0.05, 0.1) is 6.54 Å². The molecule has 5 nitrogen and oxygen atoms in total. The van der Waals surface area contributed by atoms with Gasteiger partial charge in [0.15, 0.2) is 5.82 Å². The average molecular weight is 290 g/mol. The van der Waals surface area contributed by atoms with Crippen molar-refractivity contribution < 1.29 is 9.18 Å². The van der Waals surface area contributed by atoms with Gasteiger partial charge in [0.2, 0.25) is 5.91 Å². The molecule has 6 heteroatoms. The first-order valence-electron chi connectivity index (χ1n) is 6.92. The third-order valence-corrected chi connectivity index (χ3v) is 3.09. The predicted octanol–water partition coefficient (Wildman–Crippen LogP) is 2.14. The minimum atomic E-state index is -0.246. The minimum Gasteiger partial charge on any atom is -0.349 e. The highest BCUT2D eigenvalue weighted by Gasteiger charge is 2.11. The number of H-pyrrole nitrogens is 1. The van der Waals surface area contributed by atoms with Gasteiger partial charge >= 0.3 is 0 Å². The number of halogens is 1. The summed E-state index contributed by atoms with van der Waals surface area (Å²) < 4.78 is 13.1. The Labute approximate surface area is 123 Å². The van der Waals surface area contributed by atoms with Crippen molar-refractivity contribution in [3.63, 3.8) is 0 Å². The summed E-state index contributed by atoms with van der Waals surface area (Å²) in [5.74, 6) is 1.13. The highest BCUT2D eigenvalue weighted by molar-refractivity contribution is 5.76. The minimum absolute atomic E-state index is 0.0543. The first kappa shape index (κ1) is 15.2. The molecule has 0 fully saturated rings. The van der Waals surface area contributed by atoms with Gasteiger partial charge in [-0.25, -0.2) is 9.37 Å². The van der Waals surface area contributed by atoms with Crippen molar-refractivity contribution in [3.8, 4) is 0 Å². The molecule has 2 rings (SSSR count). The van der Waals surface area contributed by atoms with E-state index in [0.717, 1.165) is 11.4 Å². The molecule has 0 bridgehead atoms. The molecular formula is C15H19FN4O. The number of amides is 1. The van der Waals surface area contributed by atoms with Gasteiger partial charge in [-0.2, -0.15) is 5.10 Å². The van der Waals surface area contributed by atoms with Gasteiger partial charge in [0, 0.05) is 6.42 Å². The third kappa shape index (κ3) is 4.98. The van der Waals surface area contributed by atoms with Gasteiger partial charge < -0.3 is 5.32 Å². The summed E-state index contributed by atoms with van der Waals surface area (Å²) in [6.07, 6.45) is 1.06. The molecule has 21 heavy (non-hydrogen) atoms. The molecule has 0 saturated carbocycles. The smallest absolute Gasteiger partial charge is 0.220 e. The van der Waals surface area contributed by atoms with Gasteiger partial charge in [-0.1, -0.05) is 19.1 Å². The van der Waals surface area contributed by atoms with Crippen LogP contribution in [0.15, 0.2) is 24.3 Å². The zero-order chi connectivity index (χ0) is 15.2. The molecule has 1 unspecified atom stereocenters. The van der Waals surface area contributed by atoms with Crippen LogP contribution in [0.5, 0.6) is 0 Å². The van der Waals surface area contributed by atoms with Gasteiger partial charge in [-0.3, -0.25) is 9.89 Å². The lowest BCUT2D eigenvalue weighted by Gasteiger charge is -2.11. The summed E-state index contributed by atoms with van der Waals surface area (Å²) in [7, 11) is 0. The van der Waals surface area contributed by atoms with E-state index in [0.29, 0.717) is 25.2 Å². The number of benzene rings is 1. The number of aryl methyl sites for hydroxylation is 1. The van der Waals surface area contributed by atoms with E-state index >= 15 is 0 Å². The predicted molar refractivity (Wildman–Crippen MR) is 76.9 cm³/mol. The van der Waals surface area contributed by atoms with Gasteiger partial charge in [0.1, 0.15) is 11.6 Å². The summed E-state index contributed by atoms with van der Waals surface area (Å²) in [6.45, 7) is 4.09. The van der Waals surface area contributed by atoms with Crippen LogP contribution in [0, 0.1) is 18.7 Å². The summed E-state index contributed by atoms with van der Waals surface area (Å²) in [4.78, 5) is 16.0. The Hall–Kier alpha value is -2.24. The van der Waals surface area contributed by atoms with Crippen LogP contribution in [0.3, 0.4) is 0 Å². The Morgan fingerprint density at radius 3 is 2.95 bits per heavy atom. The summed E-state index contributed by atoms with van der Waals surface area (Å²) in [5, 5.41) is 9.46. The van der Waals surface area contributed by atoms with Crippen LogP contribution in [-0.2, 0) is 17.8 Å². The Morgan fingerprint density at radius 1 is 1.48 bits per heavy atom. The molecule has 0 saturated heterocycles. The molecule has 0 radical (unpaired) electrons. The number of hydrogen-bond acceptors (Lipinski definition) is 3. The molecule has 1 aromatic heterocycles. The topological polar surface area (TPSA) is 70.7 Å². The molecule has 1 heterocycles. The van der Waals surface area contributed by atoms with Crippen molar-refractivity contribution in [1.82, 2.24) is 20.5 Å². The standard InChI is InChI=1S/C15H19FN4O/c1-10(6-12-4-3-5-13(16)8-12)7-15(21)17-9-14-18-11(2)19-20-14/h3-5,8,10H,6-7,9H2,1-2H3,(H,17,21)(H,18,19,20). The fourth-order valence-corrected chi connectivity index (χ4v) is 2.17. The second-order valence-electron chi connectivity index (χ2n) is 5.26. The summed E-state index contributed by atoms with van der Waals surface area (Å²) >= 11 is 0. The molecular weight excluding hydrogens is 271 g/mol. The second-order valence-corrected chi connectivity index (χ2v) is 5.26. The highest BCUT2D eigenvalue weighted by Crippen LogP contribution is 2.13. The molecule has 1 amide bonds. The van der Waals surface area contributed by atoms with Crippen LogP contribution in [-0.4, -0.2) is 21.1 Å². The van der Waals surface area contributed by atoms with E-state index in [4.69, 9.17) is 0 Å². The van der Waals surface area contributed by atoms with Gasteiger partial charge in [-0.05, 0) is 37.0 Å². The van der Waals surface area contributed by atoms with Crippen LogP contribution in [0.25, 0.3) is 0 Å². The molecule has 2 aromatic rings. The molecule has 0 aliphatic heterocycles. The molecule has 0 spiro atoms. The summed E-state index contributed by atoms with van der Waals surface area (Å²) in [6, 6.07) is 6.47. The molecule has 0 aliphatic rings. The van der Waals surface area contributed by atoms with Gasteiger partial charge in [0.25, 0.3) is 0 Å². The molecule has 0 aliphatic carbocycles. The third-order valence-electron chi connectivity index (χ3n) is 3.09. The Balaban J connectivity index is 1.76. The number of rotatable bonds is 6. The maximum Gasteiger partial charge on any atom is 0.220 e. The van der Waals surface area contributed by atoms with E-state index in [1.165, 1.54) is 12.1 Å². The quantitative estimate of drug-likeness (QED) is 0.856. The van der Waals surface area contributed by atoms with Crippen molar-refractivity contribution in [2.75, 3.05) is 0 Å². The van der Waals surface area contributed by atoms with E-state index in [9.17, 15) is 9.18 Å². The first-order valence-corrected chi connectivity index (χ1v) is 6.92. The van der Waals surface area contributed by atoms with E-state index in [1.807, 2.05) is 13.0 Å². The van der Waals surface area contributed by atoms with Crippen molar-refractivity contribution in [1.29, 1.82) is 0 Å². The van der Waals surface area contributed by atoms with Crippen LogP contribution in [0.4, 0.5) is 4.39 Å². The largest absolute Gasteiger partial charge is 0.349 e. The Morgan fingerprint density at radius 2 is 2.29 bits per heavy atom. The highest BCUT2D eigenvalue weighted by atomic mass is 19.1. The monoisotopic (exact) mass is 290 g/mol. The number of hydrogen-bond donors (Lipinski definition) is 2. The van der Waals surface area contributed by atoms with E-state index in [1.54, 1.807) is 13.0 Å². The maximum atomic E-state index is 13.1. The Bertz CT molecular complexity index is 611. The SMILES string of the molecule is Cc1nc(CNC(=O)CC(C)Cc2cccc(F)c2)n[nH]1. The lowest BCUT2D eigenvalue weighted by atomic mass is 9.98. The fourth-order valence-electron chi connectivity index (χ4n) is 2.17. The van der Waals surface area contributed by atoms with E-state index in [-0.39, 0.29) is 17.6 Å². The number of nitrogens with one attached hydrogen (secondary N) is 2. The van der Waals surface area contributed by atoms with Crippen LogP contribution >= 0.6 is 0 Å². The lowest BCUT2D eigenvalue weighted by molar-refractivity contribution is -0.122. The van der Waals surface area contributed by atoms with Crippen LogP contribution < -0.4 is 5.32 Å². The number of carbonyl (C=O) groups excluding carboxylic acids is 1. The van der Waals surface area contributed by atoms with Crippen molar-refractivity contribution in [2.45, 2.75) is 33.2 Å². The number of carbonyl (C=O) groups is 1. The van der Waals surface area contributed by atoms with Crippen molar-refractivity contribution in [3.05, 3.63) is 47.3 Å². The van der Waals surface area contributed by atoms with Crippen molar-refractivity contribution >= 4 is 5.91 Å². The number of nitrogens with zero attached hydrogens (tertiary/aromatic N) is 2.